The predicted octanol–water partition coefficient (Wildman–Crippen LogP) is 2.73. The molecule has 2 N–H and O–H groups in total. The first-order valence-electron chi connectivity index (χ1n) is 10.4. The molecule has 0 aliphatic carbocycles. The molecule has 3 aromatic heterocycles. The number of benzene rings is 2. The molecule has 0 radical (unpaired) electrons. The number of imidazole rings is 1. The van der Waals surface area contributed by atoms with Crippen LogP contribution in [0.25, 0.3) is 33.2 Å². The second kappa shape index (κ2) is 8.17. The number of aromatic nitrogens is 5. The van der Waals surface area contributed by atoms with E-state index in [0.717, 1.165) is 10.3 Å². The molecule has 0 fully saturated rings. The van der Waals surface area contributed by atoms with Crippen molar-refractivity contribution in [3.63, 3.8) is 0 Å². The lowest BCUT2D eigenvalue weighted by Gasteiger charge is -2.25. The van der Waals surface area contributed by atoms with Crippen LogP contribution in [0.2, 0.25) is 0 Å². The molecule has 178 valence electrons. The van der Waals surface area contributed by atoms with Gasteiger partial charge in [0, 0.05) is 16.3 Å². The lowest BCUT2D eigenvalue weighted by molar-refractivity contribution is -0.123. The standard InChI is InChI=1S/C23H19FN6O4S/c1-23(2,29-11-25-17-18(31)27-22(33)30(34-3)19(17)29)20(32)28-21-26-16(10-35-21)14-8-9-15(24)13-7-5-4-6-12(13)14/h4-11H,1-3H3,(H,26,28,32)(H,27,31,33). The third kappa shape index (κ3) is 3.58. The van der Waals surface area contributed by atoms with Crippen molar-refractivity contribution >= 4 is 44.3 Å². The minimum atomic E-state index is -1.29. The Kier molecular flexibility index (Phi) is 5.24. The molecule has 1 amide bonds. The summed E-state index contributed by atoms with van der Waals surface area (Å²) >= 11 is 1.22. The third-order valence-electron chi connectivity index (χ3n) is 5.77. The molecule has 0 spiro atoms. The van der Waals surface area contributed by atoms with Crippen molar-refractivity contribution in [3.05, 3.63) is 74.8 Å². The molecule has 0 aliphatic heterocycles. The molecule has 3 heterocycles. The smallest absolute Gasteiger partial charge is 0.363 e. The van der Waals surface area contributed by atoms with Gasteiger partial charge in [-0.2, -0.15) is 0 Å². The largest absolute Gasteiger partial charge is 0.411 e. The van der Waals surface area contributed by atoms with Crippen molar-refractivity contribution in [2.45, 2.75) is 19.4 Å². The predicted molar refractivity (Wildman–Crippen MR) is 130 cm³/mol. The van der Waals surface area contributed by atoms with Crippen LogP contribution in [0.4, 0.5) is 9.52 Å². The lowest BCUT2D eigenvalue weighted by atomic mass is 10.0. The van der Waals surface area contributed by atoms with E-state index in [-0.39, 0.29) is 17.0 Å². The van der Waals surface area contributed by atoms with Gasteiger partial charge in [0.2, 0.25) is 0 Å². The van der Waals surface area contributed by atoms with Crippen LogP contribution in [0.5, 0.6) is 0 Å². The molecule has 0 saturated heterocycles. The summed E-state index contributed by atoms with van der Waals surface area (Å²) in [5, 5.41) is 6.08. The van der Waals surface area contributed by atoms with E-state index < -0.39 is 22.7 Å². The highest BCUT2D eigenvalue weighted by atomic mass is 32.1. The molecule has 5 rings (SSSR count). The quantitative estimate of drug-likeness (QED) is 0.387. The van der Waals surface area contributed by atoms with Crippen LogP contribution in [0.3, 0.4) is 0 Å². The average Bonchev–Trinajstić information content (AvgIpc) is 3.48. The fourth-order valence-corrected chi connectivity index (χ4v) is 4.58. The zero-order valence-electron chi connectivity index (χ0n) is 18.8. The number of hydrogen-bond acceptors (Lipinski definition) is 7. The Morgan fingerprint density at radius 3 is 2.66 bits per heavy atom. The molecule has 5 aromatic rings. The average molecular weight is 495 g/mol. The van der Waals surface area contributed by atoms with Crippen LogP contribution >= 0.6 is 11.3 Å². The first kappa shape index (κ1) is 22.5. The van der Waals surface area contributed by atoms with Gasteiger partial charge >= 0.3 is 5.69 Å². The number of nitrogens with one attached hydrogen (secondary N) is 2. The van der Waals surface area contributed by atoms with Gasteiger partial charge in [0.15, 0.2) is 16.3 Å². The Bertz CT molecular complexity index is 1730. The first-order valence-corrected chi connectivity index (χ1v) is 11.3. The summed E-state index contributed by atoms with van der Waals surface area (Å²) < 4.78 is 16.5. The molecular weight excluding hydrogens is 475 g/mol. The summed E-state index contributed by atoms with van der Waals surface area (Å²) in [7, 11) is 1.26. The number of nitrogens with zero attached hydrogens (tertiary/aromatic N) is 4. The number of carbonyl (C=O) groups excluding carboxylic acids is 1. The van der Waals surface area contributed by atoms with Gasteiger partial charge in [0.1, 0.15) is 18.5 Å². The van der Waals surface area contributed by atoms with Gasteiger partial charge in [-0.1, -0.05) is 24.3 Å². The first-order chi connectivity index (χ1) is 16.7. The molecule has 12 heteroatoms. The Morgan fingerprint density at radius 1 is 1.17 bits per heavy atom. The maximum atomic E-state index is 14.2. The molecular formula is C23H19FN6O4S. The number of hydrogen-bond donors (Lipinski definition) is 2. The van der Waals surface area contributed by atoms with E-state index in [1.807, 2.05) is 12.1 Å². The van der Waals surface area contributed by atoms with E-state index in [9.17, 15) is 18.8 Å². The van der Waals surface area contributed by atoms with E-state index in [4.69, 9.17) is 4.84 Å². The van der Waals surface area contributed by atoms with E-state index in [0.29, 0.717) is 21.6 Å². The van der Waals surface area contributed by atoms with Gasteiger partial charge in [-0.15, -0.1) is 16.1 Å². The van der Waals surface area contributed by atoms with Crippen molar-refractivity contribution in [1.29, 1.82) is 0 Å². The fraction of sp³-hybridized carbons (Fsp3) is 0.174. The fourth-order valence-electron chi connectivity index (χ4n) is 3.88. The Labute approximate surface area is 200 Å². The monoisotopic (exact) mass is 494 g/mol. The molecule has 0 bridgehead atoms. The van der Waals surface area contributed by atoms with E-state index in [2.05, 4.69) is 20.3 Å². The van der Waals surface area contributed by atoms with Crippen molar-refractivity contribution in [2.75, 3.05) is 12.4 Å². The van der Waals surface area contributed by atoms with Crippen LogP contribution < -0.4 is 21.4 Å². The summed E-state index contributed by atoms with van der Waals surface area (Å²) in [4.78, 5) is 53.5. The number of thiazole rings is 1. The summed E-state index contributed by atoms with van der Waals surface area (Å²) in [6.45, 7) is 3.22. The van der Waals surface area contributed by atoms with Crippen LogP contribution in [0.1, 0.15) is 13.8 Å². The second-order valence-electron chi connectivity index (χ2n) is 8.21. The Balaban J connectivity index is 1.50. The summed E-state index contributed by atoms with van der Waals surface area (Å²) in [6, 6.07) is 10.1. The molecule has 0 saturated carbocycles. The van der Waals surface area contributed by atoms with Crippen LogP contribution in [-0.2, 0) is 10.3 Å². The zero-order valence-corrected chi connectivity index (χ0v) is 19.6. The van der Waals surface area contributed by atoms with Gasteiger partial charge in [-0.3, -0.25) is 24.5 Å². The van der Waals surface area contributed by atoms with Gasteiger partial charge in [-0.05, 0) is 31.4 Å². The highest BCUT2D eigenvalue weighted by Gasteiger charge is 2.34. The molecule has 0 atom stereocenters. The lowest BCUT2D eigenvalue weighted by Crippen LogP contribution is -2.42. The number of rotatable bonds is 5. The van der Waals surface area contributed by atoms with Crippen LogP contribution in [0.15, 0.2) is 57.7 Å². The van der Waals surface area contributed by atoms with Crippen molar-refractivity contribution in [2.24, 2.45) is 0 Å². The number of anilines is 1. The molecule has 0 aliphatic rings. The summed E-state index contributed by atoms with van der Waals surface area (Å²) in [5.41, 5.74) is -1.45. The highest BCUT2D eigenvalue weighted by Crippen LogP contribution is 2.33. The minimum absolute atomic E-state index is 0.0407. The maximum absolute atomic E-state index is 14.2. The van der Waals surface area contributed by atoms with E-state index in [1.54, 1.807) is 37.4 Å². The number of fused-ring (bicyclic) bond motifs is 2. The number of H-pyrrole nitrogens is 1. The normalized spacial score (nSPS) is 11.8. The number of carbonyl (C=O) groups is 1. The highest BCUT2D eigenvalue weighted by molar-refractivity contribution is 7.14. The Morgan fingerprint density at radius 2 is 1.91 bits per heavy atom. The van der Waals surface area contributed by atoms with Gasteiger partial charge in [0.05, 0.1) is 12.0 Å². The number of amides is 1. The molecule has 0 unspecified atom stereocenters. The molecule has 2 aromatic carbocycles. The van der Waals surface area contributed by atoms with Crippen LogP contribution in [-0.4, -0.2) is 37.3 Å². The second-order valence-corrected chi connectivity index (χ2v) is 9.07. The van der Waals surface area contributed by atoms with Crippen molar-refractivity contribution < 1.29 is 14.0 Å². The van der Waals surface area contributed by atoms with Gasteiger partial charge in [0.25, 0.3) is 11.5 Å². The SMILES string of the molecule is COn1c(=O)[nH]c(=O)c2ncn(C(C)(C)C(=O)Nc3nc(-c4ccc(F)c5ccccc45)cs3)c21. The Hall–Kier alpha value is -4.32. The van der Waals surface area contributed by atoms with Gasteiger partial charge in [-0.25, -0.2) is 19.2 Å². The van der Waals surface area contributed by atoms with E-state index >= 15 is 0 Å². The minimum Gasteiger partial charge on any atom is -0.411 e. The molecule has 10 nitrogen and oxygen atoms in total. The van der Waals surface area contributed by atoms with E-state index in [1.165, 1.54) is 35.4 Å². The summed E-state index contributed by atoms with van der Waals surface area (Å²) in [6.07, 6.45) is 1.30. The number of aromatic amines is 1. The zero-order chi connectivity index (χ0) is 24.9. The van der Waals surface area contributed by atoms with Crippen molar-refractivity contribution in [3.8, 4) is 11.3 Å². The van der Waals surface area contributed by atoms with Crippen molar-refractivity contribution in [1.82, 2.24) is 24.2 Å². The van der Waals surface area contributed by atoms with Crippen LogP contribution in [0, 0.1) is 5.82 Å². The third-order valence-corrected chi connectivity index (χ3v) is 6.52. The maximum Gasteiger partial charge on any atom is 0.363 e. The molecule has 35 heavy (non-hydrogen) atoms. The number of halogens is 1. The topological polar surface area (TPSA) is 124 Å². The van der Waals surface area contributed by atoms with Gasteiger partial charge < -0.3 is 4.84 Å². The summed E-state index contributed by atoms with van der Waals surface area (Å²) in [5.74, 6) is -0.784.